The molecule has 3 rings (SSSR count). The van der Waals surface area contributed by atoms with Gasteiger partial charge in [0, 0.05) is 21.5 Å². The Hall–Kier alpha value is -2.15. The van der Waals surface area contributed by atoms with Gasteiger partial charge < -0.3 is 5.32 Å². The third kappa shape index (κ3) is 3.13. The van der Waals surface area contributed by atoms with Crippen LogP contribution in [0.5, 0.6) is 0 Å². The molecule has 1 N–H and O–H groups in total. The van der Waals surface area contributed by atoms with Gasteiger partial charge in [0.1, 0.15) is 0 Å². The quantitative estimate of drug-likeness (QED) is 0.694. The van der Waals surface area contributed by atoms with Crippen LogP contribution in [0.3, 0.4) is 0 Å². The van der Waals surface area contributed by atoms with Crippen LogP contribution in [0.15, 0.2) is 67.0 Å². The highest BCUT2D eigenvalue weighted by Crippen LogP contribution is 2.18. The molecule has 104 valence electrons. The van der Waals surface area contributed by atoms with Crippen molar-refractivity contribution >= 4 is 34.2 Å². The number of nitrogens with zero attached hydrogens (tertiary/aromatic N) is 2. The zero-order valence-corrected chi connectivity index (χ0v) is 13.2. The van der Waals surface area contributed by atoms with Crippen LogP contribution in [0, 0.1) is 3.57 Å². The number of anilines is 1. The molecular weight excluding hydrogens is 377 g/mol. The molecule has 1 heterocycles. The van der Waals surface area contributed by atoms with Gasteiger partial charge in [0.05, 0.1) is 11.4 Å². The maximum atomic E-state index is 12.2. The number of benzene rings is 2. The summed E-state index contributed by atoms with van der Waals surface area (Å²) in [5.74, 6) is -0.119. The van der Waals surface area contributed by atoms with E-state index in [4.69, 9.17) is 0 Å². The molecule has 0 saturated heterocycles. The summed E-state index contributed by atoms with van der Waals surface area (Å²) in [6.07, 6.45) is 3.58. The molecule has 0 aliphatic heterocycles. The Kier molecular flexibility index (Phi) is 4.01. The van der Waals surface area contributed by atoms with Crippen LogP contribution in [0.2, 0.25) is 0 Å². The van der Waals surface area contributed by atoms with Gasteiger partial charge in [0.2, 0.25) is 0 Å². The first-order valence-electron chi connectivity index (χ1n) is 6.40. The summed E-state index contributed by atoms with van der Waals surface area (Å²) in [5.41, 5.74) is 2.36. The summed E-state index contributed by atoms with van der Waals surface area (Å²) >= 11 is 2.20. The molecule has 21 heavy (non-hydrogen) atoms. The second kappa shape index (κ2) is 6.09. The van der Waals surface area contributed by atoms with Crippen molar-refractivity contribution in [3.8, 4) is 5.69 Å². The van der Waals surface area contributed by atoms with Gasteiger partial charge in [-0.25, -0.2) is 4.68 Å². The molecular formula is C16H12IN3O. The Morgan fingerprint density at radius 2 is 1.81 bits per heavy atom. The first-order chi connectivity index (χ1) is 10.2. The molecule has 3 aromatic rings. The molecule has 4 nitrogen and oxygen atoms in total. The number of hydrogen-bond acceptors (Lipinski definition) is 2. The average Bonchev–Trinajstić information content (AvgIpc) is 3.04. The van der Waals surface area contributed by atoms with Crippen molar-refractivity contribution in [3.05, 3.63) is 76.1 Å². The van der Waals surface area contributed by atoms with Gasteiger partial charge in [0.15, 0.2) is 0 Å². The molecule has 0 radical (unpaired) electrons. The number of halogens is 1. The number of rotatable bonds is 3. The van der Waals surface area contributed by atoms with E-state index in [0.717, 1.165) is 14.9 Å². The molecule has 2 aromatic carbocycles. The monoisotopic (exact) mass is 389 g/mol. The Bertz CT molecular complexity index is 751. The van der Waals surface area contributed by atoms with Crippen LogP contribution in [0.25, 0.3) is 5.69 Å². The number of nitrogens with one attached hydrogen (secondary N) is 1. The van der Waals surface area contributed by atoms with Crippen molar-refractivity contribution in [2.24, 2.45) is 0 Å². The predicted molar refractivity (Wildman–Crippen MR) is 90.7 cm³/mol. The largest absolute Gasteiger partial charge is 0.321 e. The molecule has 0 aliphatic rings. The molecule has 0 saturated carbocycles. The Morgan fingerprint density at radius 1 is 1.05 bits per heavy atom. The SMILES string of the molecule is O=C(Nc1ccccc1I)c1ccc(-n2cccn2)cc1. The lowest BCUT2D eigenvalue weighted by Crippen LogP contribution is -2.12. The average molecular weight is 389 g/mol. The fraction of sp³-hybridized carbons (Fsp3) is 0. The normalized spacial score (nSPS) is 10.3. The Balaban J connectivity index is 1.78. The van der Waals surface area contributed by atoms with Gasteiger partial charge in [-0.3, -0.25) is 4.79 Å². The van der Waals surface area contributed by atoms with E-state index in [1.807, 2.05) is 48.7 Å². The topological polar surface area (TPSA) is 46.9 Å². The molecule has 5 heteroatoms. The molecule has 0 bridgehead atoms. The summed E-state index contributed by atoms with van der Waals surface area (Å²) in [7, 11) is 0. The molecule has 1 aromatic heterocycles. The van der Waals surface area contributed by atoms with Crippen molar-refractivity contribution in [2.75, 3.05) is 5.32 Å². The van der Waals surface area contributed by atoms with Crippen molar-refractivity contribution in [3.63, 3.8) is 0 Å². The second-order valence-corrected chi connectivity index (χ2v) is 5.59. The van der Waals surface area contributed by atoms with Crippen LogP contribution in [0.4, 0.5) is 5.69 Å². The maximum absolute atomic E-state index is 12.2. The molecule has 1 amide bonds. The van der Waals surface area contributed by atoms with E-state index in [-0.39, 0.29) is 5.91 Å². The van der Waals surface area contributed by atoms with Gasteiger partial charge in [0.25, 0.3) is 5.91 Å². The number of carbonyl (C=O) groups excluding carboxylic acids is 1. The van der Waals surface area contributed by atoms with Crippen LogP contribution in [-0.4, -0.2) is 15.7 Å². The minimum Gasteiger partial charge on any atom is -0.321 e. The summed E-state index contributed by atoms with van der Waals surface area (Å²) in [6, 6.07) is 16.9. The van der Waals surface area contributed by atoms with E-state index < -0.39 is 0 Å². The minimum absolute atomic E-state index is 0.119. The van der Waals surface area contributed by atoms with Gasteiger partial charge >= 0.3 is 0 Å². The van der Waals surface area contributed by atoms with E-state index >= 15 is 0 Å². The lowest BCUT2D eigenvalue weighted by atomic mass is 10.2. The van der Waals surface area contributed by atoms with Crippen molar-refractivity contribution < 1.29 is 4.79 Å². The number of carbonyl (C=O) groups is 1. The van der Waals surface area contributed by atoms with Crippen LogP contribution in [0.1, 0.15) is 10.4 Å². The molecule has 0 aliphatic carbocycles. The van der Waals surface area contributed by atoms with Crippen LogP contribution < -0.4 is 5.32 Å². The summed E-state index contributed by atoms with van der Waals surface area (Å²) in [4.78, 5) is 12.2. The number of amides is 1. The fourth-order valence-electron chi connectivity index (χ4n) is 1.94. The van der Waals surface area contributed by atoms with Crippen molar-refractivity contribution in [1.82, 2.24) is 9.78 Å². The highest BCUT2D eigenvalue weighted by Gasteiger charge is 2.08. The van der Waals surface area contributed by atoms with Crippen molar-refractivity contribution in [1.29, 1.82) is 0 Å². The minimum atomic E-state index is -0.119. The third-order valence-corrected chi connectivity index (χ3v) is 3.96. The van der Waals surface area contributed by atoms with Crippen LogP contribution in [-0.2, 0) is 0 Å². The van der Waals surface area contributed by atoms with E-state index in [9.17, 15) is 4.79 Å². The zero-order valence-electron chi connectivity index (χ0n) is 11.0. The van der Waals surface area contributed by atoms with Crippen molar-refractivity contribution in [2.45, 2.75) is 0 Å². The third-order valence-electron chi connectivity index (χ3n) is 3.02. The van der Waals surface area contributed by atoms with E-state index in [0.29, 0.717) is 5.56 Å². The van der Waals surface area contributed by atoms with Crippen LogP contribution >= 0.6 is 22.6 Å². The van der Waals surface area contributed by atoms with E-state index in [1.165, 1.54) is 0 Å². The summed E-state index contributed by atoms with van der Waals surface area (Å²) in [6.45, 7) is 0. The van der Waals surface area contributed by atoms with Gasteiger partial charge in [-0.2, -0.15) is 5.10 Å². The highest BCUT2D eigenvalue weighted by atomic mass is 127. The van der Waals surface area contributed by atoms with E-state index in [2.05, 4.69) is 33.0 Å². The van der Waals surface area contributed by atoms with E-state index in [1.54, 1.807) is 23.0 Å². The standard InChI is InChI=1S/C16H12IN3O/c17-14-4-1-2-5-15(14)19-16(21)12-6-8-13(9-7-12)20-11-3-10-18-20/h1-11H,(H,19,21). The van der Waals surface area contributed by atoms with Gasteiger partial charge in [-0.05, 0) is 65.1 Å². The highest BCUT2D eigenvalue weighted by molar-refractivity contribution is 14.1. The Morgan fingerprint density at radius 3 is 2.48 bits per heavy atom. The lowest BCUT2D eigenvalue weighted by molar-refractivity contribution is 0.102. The molecule has 0 atom stereocenters. The first kappa shape index (κ1) is 13.8. The number of aromatic nitrogens is 2. The maximum Gasteiger partial charge on any atom is 0.255 e. The lowest BCUT2D eigenvalue weighted by Gasteiger charge is -2.08. The second-order valence-electron chi connectivity index (χ2n) is 4.43. The number of para-hydroxylation sites is 1. The van der Waals surface area contributed by atoms with Gasteiger partial charge in [-0.15, -0.1) is 0 Å². The fourth-order valence-corrected chi connectivity index (χ4v) is 2.47. The predicted octanol–water partition coefficient (Wildman–Crippen LogP) is 3.73. The molecule has 0 fully saturated rings. The first-order valence-corrected chi connectivity index (χ1v) is 7.48. The Labute approximate surface area is 135 Å². The molecule has 0 unspecified atom stereocenters. The summed E-state index contributed by atoms with van der Waals surface area (Å²) in [5, 5.41) is 7.07. The summed E-state index contributed by atoms with van der Waals surface area (Å²) < 4.78 is 2.76. The number of hydrogen-bond donors (Lipinski definition) is 1. The zero-order chi connectivity index (χ0) is 14.7. The molecule has 0 spiro atoms. The van der Waals surface area contributed by atoms with Gasteiger partial charge in [-0.1, -0.05) is 12.1 Å². The smallest absolute Gasteiger partial charge is 0.255 e.